The van der Waals surface area contributed by atoms with E-state index in [0.717, 1.165) is 0 Å². The third-order valence-electron chi connectivity index (χ3n) is 2.73. The number of benzene rings is 1. The Kier molecular flexibility index (Phi) is 4.52. The molecule has 0 heterocycles. The van der Waals surface area contributed by atoms with Crippen LogP contribution in [0.3, 0.4) is 0 Å². The van der Waals surface area contributed by atoms with Gasteiger partial charge in [-0.05, 0) is 25.0 Å². The smallest absolute Gasteiger partial charge is 0.244 e. The maximum absolute atomic E-state index is 12.1. The molecular weight excluding hydrogens is 216 g/mol. The molecule has 94 valence electrons. The molecule has 0 radical (unpaired) electrons. The Morgan fingerprint density at radius 1 is 1.47 bits per heavy atom. The summed E-state index contributed by atoms with van der Waals surface area (Å²) >= 11 is 0. The lowest BCUT2D eigenvalue weighted by Crippen LogP contribution is -2.46. The molecule has 0 aromatic heterocycles. The SMILES string of the molecule is CCN(C(=O)[C@H](N)C(C)C)c1cccc(O)c1. The van der Waals surface area contributed by atoms with E-state index in [1.54, 1.807) is 29.2 Å². The van der Waals surface area contributed by atoms with Gasteiger partial charge in [-0.3, -0.25) is 4.79 Å². The van der Waals surface area contributed by atoms with Crippen molar-refractivity contribution in [1.82, 2.24) is 0 Å². The van der Waals surface area contributed by atoms with Crippen molar-refractivity contribution >= 4 is 11.6 Å². The van der Waals surface area contributed by atoms with Crippen LogP contribution < -0.4 is 10.6 Å². The Labute approximate surface area is 102 Å². The lowest BCUT2D eigenvalue weighted by Gasteiger charge is -2.26. The minimum absolute atomic E-state index is 0.0915. The molecule has 0 aliphatic rings. The number of hydrogen-bond acceptors (Lipinski definition) is 3. The molecule has 1 rings (SSSR count). The normalized spacial score (nSPS) is 12.5. The van der Waals surface area contributed by atoms with E-state index >= 15 is 0 Å². The molecule has 0 saturated heterocycles. The van der Waals surface area contributed by atoms with Crippen LogP contribution in [0, 0.1) is 5.92 Å². The number of likely N-dealkylation sites (N-methyl/N-ethyl adjacent to an activating group) is 1. The van der Waals surface area contributed by atoms with Crippen molar-refractivity contribution in [1.29, 1.82) is 0 Å². The molecule has 17 heavy (non-hydrogen) atoms. The number of phenolic OH excluding ortho intramolecular Hbond substituents is 1. The van der Waals surface area contributed by atoms with E-state index in [-0.39, 0.29) is 17.6 Å². The molecule has 0 aliphatic heterocycles. The monoisotopic (exact) mass is 236 g/mol. The number of anilines is 1. The van der Waals surface area contributed by atoms with Gasteiger partial charge < -0.3 is 15.7 Å². The Morgan fingerprint density at radius 3 is 2.59 bits per heavy atom. The molecule has 3 N–H and O–H groups in total. The van der Waals surface area contributed by atoms with E-state index in [4.69, 9.17) is 5.73 Å². The van der Waals surface area contributed by atoms with Crippen LogP contribution in [-0.2, 0) is 4.79 Å². The highest BCUT2D eigenvalue weighted by atomic mass is 16.3. The number of carbonyl (C=O) groups is 1. The van der Waals surface area contributed by atoms with Crippen LogP contribution in [0.1, 0.15) is 20.8 Å². The van der Waals surface area contributed by atoms with Crippen molar-refractivity contribution in [2.24, 2.45) is 11.7 Å². The molecule has 1 aromatic rings. The molecule has 0 aliphatic carbocycles. The van der Waals surface area contributed by atoms with Crippen LogP contribution in [-0.4, -0.2) is 23.6 Å². The Balaban J connectivity index is 2.96. The first-order valence-electron chi connectivity index (χ1n) is 5.83. The largest absolute Gasteiger partial charge is 0.508 e. The molecule has 0 unspecified atom stereocenters. The third-order valence-corrected chi connectivity index (χ3v) is 2.73. The second-order valence-electron chi connectivity index (χ2n) is 4.37. The molecule has 0 fully saturated rings. The quantitative estimate of drug-likeness (QED) is 0.836. The number of rotatable bonds is 4. The Bertz CT molecular complexity index is 391. The van der Waals surface area contributed by atoms with Gasteiger partial charge >= 0.3 is 0 Å². The highest BCUT2D eigenvalue weighted by molar-refractivity contribution is 5.97. The zero-order valence-electron chi connectivity index (χ0n) is 10.6. The molecular formula is C13H20N2O2. The number of nitrogens with zero attached hydrogens (tertiary/aromatic N) is 1. The average Bonchev–Trinajstić information content (AvgIpc) is 2.28. The predicted octanol–water partition coefficient (Wildman–Crippen LogP) is 1.73. The molecule has 0 bridgehead atoms. The summed E-state index contributed by atoms with van der Waals surface area (Å²) in [7, 11) is 0. The zero-order chi connectivity index (χ0) is 13.0. The fraction of sp³-hybridized carbons (Fsp3) is 0.462. The van der Waals surface area contributed by atoms with Crippen LogP contribution in [0.25, 0.3) is 0 Å². The van der Waals surface area contributed by atoms with Gasteiger partial charge in [0, 0.05) is 18.3 Å². The van der Waals surface area contributed by atoms with E-state index in [9.17, 15) is 9.90 Å². The highest BCUT2D eigenvalue weighted by Crippen LogP contribution is 2.21. The third kappa shape index (κ3) is 3.20. The van der Waals surface area contributed by atoms with Crippen molar-refractivity contribution < 1.29 is 9.90 Å². The van der Waals surface area contributed by atoms with Gasteiger partial charge in [0.2, 0.25) is 5.91 Å². The van der Waals surface area contributed by atoms with Crippen LogP contribution in [0.4, 0.5) is 5.69 Å². The first kappa shape index (κ1) is 13.5. The topological polar surface area (TPSA) is 66.6 Å². The summed E-state index contributed by atoms with van der Waals surface area (Å²) < 4.78 is 0. The van der Waals surface area contributed by atoms with E-state index in [2.05, 4.69) is 0 Å². The minimum Gasteiger partial charge on any atom is -0.508 e. The number of carbonyl (C=O) groups excluding carboxylic acids is 1. The van der Waals surface area contributed by atoms with Crippen LogP contribution >= 0.6 is 0 Å². The van der Waals surface area contributed by atoms with Crippen molar-refractivity contribution in [3.63, 3.8) is 0 Å². The molecule has 4 nitrogen and oxygen atoms in total. The molecule has 0 saturated carbocycles. The van der Waals surface area contributed by atoms with Gasteiger partial charge in [0.15, 0.2) is 0 Å². The fourth-order valence-electron chi connectivity index (χ4n) is 1.59. The lowest BCUT2D eigenvalue weighted by molar-refractivity contribution is -0.120. The van der Waals surface area contributed by atoms with Crippen molar-refractivity contribution in [2.75, 3.05) is 11.4 Å². The first-order chi connectivity index (χ1) is 7.97. The maximum atomic E-state index is 12.1. The van der Waals surface area contributed by atoms with Gasteiger partial charge in [-0.1, -0.05) is 19.9 Å². The summed E-state index contributed by atoms with van der Waals surface area (Å²) in [5.41, 5.74) is 6.53. The Hall–Kier alpha value is -1.55. The van der Waals surface area contributed by atoms with Gasteiger partial charge in [0.1, 0.15) is 5.75 Å². The molecule has 1 atom stereocenters. The number of amides is 1. The van der Waals surface area contributed by atoms with Crippen LogP contribution in [0.5, 0.6) is 5.75 Å². The average molecular weight is 236 g/mol. The highest BCUT2D eigenvalue weighted by Gasteiger charge is 2.23. The minimum atomic E-state index is -0.516. The van der Waals surface area contributed by atoms with Crippen LogP contribution in [0.15, 0.2) is 24.3 Å². The zero-order valence-corrected chi connectivity index (χ0v) is 10.6. The second-order valence-corrected chi connectivity index (χ2v) is 4.37. The predicted molar refractivity (Wildman–Crippen MR) is 68.9 cm³/mol. The van der Waals surface area contributed by atoms with E-state index in [1.165, 1.54) is 0 Å². The summed E-state index contributed by atoms with van der Waals surface area (Å²) in [5, 5.41) is 9.42. The molecule has 1 aromatic carbocycles. The summed E-state index contributed by atoms with van der Waals surface area (Å²) in [6.45, 7) is 6.25. The summed E-state index contributed by atoms with van der Waals surface area (Å²) in [6, 6.07) is 6.12. The molecule has 4 heteroatoms. The summed E-state index contributed by atoms with van der Waals surface area (Å²) in [6.07, 6.45) is 0. The number of aromatic hydroxyl groups is 1. The molecule has 0 spiro atoms. The lowest BCUT2D eigenvalue weighted by atomic mass is 10.0. The maximum Gasteiger partial charge on any atom is 0.244 e. The first-order valence-corrected chi connectivity index (χ1v) is 5.83. The van der Waals surface area contributed by atoms with Gasteiger partial charge in [-0.25, -0.2) is 0 Å². The Morgan fingerprint density at radius 2 is 2.12 bits per heavy atom. The van der Waals surface area contributed by atoms with Crippen molar-refractivity contribution in [3.8, 4) is 5.75 Å². The fourth-order valence-corrected chi connectivity index (χ4v) is 1.59. The van der Waals surface area contributed by atoms with E-state index < -0.39 is 6.04 Å². The van der Waals surface area contributed by atoms with Crippen molar-refractivity contribution in [2.45, 2.75) is 26.8 Å². The number of phenols is 1. The molecule has 1 amide bonds. The van der Waals surface area contributed by atoms with Gasteiger partial charge in [-0.2, -0.15) is 0 Å². The number of hydrogen-bond donors (Lipinski definition) is 2. The number of nitrogens with two attached hydrogens (primary N) is 1. The summed E-state index contributed by atoms with van der Waals surface area (Å²) in [4.78, 5) is 13.7. The van der Waals surface area contributed by atoms with Crippen molar-refractivity contribution in [3.05, 3.63) is 24.3 Å². The standard InChI is InChI=1S/C13H20N2O2/c1-4-15(13(17)12(14)9(2)3)10-6-5-7-11(16)8-10/h5-9,12,16H,4,14H2,1-3H3/t12-/m1/s1. The van der Waals surface area contributed by atoms with Gasteiger partial charge in [0.05, 0.1) is 6.04 Å². The van der Waals surface area contributed by atoms with Gasteiger partial charge in [0.25, 0.3) is 0 Å². The van der Waals surface area contributed by atoms with Crippen LogP contribution in [0.2, 0.25) is 0 Å². The van der Waals surface area contributed by atoms with E-state index in [0.29, 0.717) is 12.2 Å². The second kappa shape index (κ2) is 5.68. The van der Waals surface area contributed by atoms with E-state index in [1.807, 2.05) is 20.8 Å². The summed E-state index contributed by atoms with van der Waals surface area (Å²) in [5.74, 6) is 0.119. The van der Waals surface area contributed by atoms with Gasteiger partial charge in [-0.15, -0.1) is 0 Å².